The molecule has 3 rings (SSSR count). The summed E-state index contributed by atoms with van der Waals surface area (Å²) in [6.07, 6.45) is 0.466. The van der Waals surface area contributed by atoms with Crippen molar-refractivity contribution in [1.82, 2.24) is 14.3 Å². The fourth-order valence-electron chi connectivity index (χ4n) is 3.09. The van der Waals surface area contributed by atoms with E-state index in [0.717, 1.165) is 11.3 Å². The standard InChI is InChI=1S/C19H22N4O7S2/c1-5-12(16(24)25)30-13-8-6-7-11-14(9-23(3)15(11)13)32(27,28)22-18(26)21-19-20-10(2)17(29-4)31-19/h6-9,12H,5H2,1-4H3,(H,24,25)(H2,20,21,22,26). The smallest absolute Gasteiger partial charge is 0.344 e. The van der Waals surface area contributed by atoms with E-state index in [2.05, 4.69) is 10.3 Å². The van der Waals surface area contributed by atoms with Gasteiger partial charge in [-0.25, -0.2) is 27.7 Å². The number of ether oxygens (including phenoxy) is 2. The lowest BCUT2D eigenvalue weighted by Crippen LogP contribution is -2.34. The Hall–Kier alpha value is -3.32. The number of methoxy groups -OCH3 is 1. The van der Waals surface area contributed by atoms with Crippen LogP contribution in [0.25, 0.3) is 10.9 Å². The highest BCUT2D eigenvalue weighted by molar-refractivity contribution is 7.90. The molecule has 11 nitrogen and oxygen atoms in total. The number of aryl methyl sites for hydroxylation is 2. The van der Waals surface area contributed by atoms with Crippen LogP contribution in [-0.2, 0) is 21.9 Å². The van der Waals surface area contributed by atoms with Gasteiger partial charge in [0.2, 0.25) is 0 Å². The average Bonchev–Trinajstić information content (AvgIpc) is 3.25. The number of urea groups is 1. The zero-order chi connectivity index (χ0) is 23.6. The van der Waals surface area contributed by atoms with Crippen LogP contribution in [0.5, 0.6) is 10.8 Å². The Kier molecular flexibility index (Phi) is 6.60. The van der Waals surface area contributed by atoms with Crippen molar-refractivity contribution in [3.63, 3.8) is 0 Å². The van der Waals surface area contributed by atoms with Crippen molar-refractivity contribution in [2.24, 2.45) is 7.05 Å². The van der Waals surface area contributed by atoms with E-state index in [1.807, 2.05) is 4.72 Å². The number of rotatable bonds is 8. The lowest BCUT2D eigenvalue weighted by atomic mass is 10.2. The molecule has 0 fully saturated rings. The van der Waals surface area contributed by atoms with Crippen molar-refractivity contribution in [2.45, 2.75) is 31.3 Å². The van der Waals surface area contributed by atoms with Crippen LogP contribution in [0.2, 0.25) is 0 Å². The van der Waals surface area contributed by atoms with E-state index >= 15 is 0 Å². The first-order valence-corrected chi connectivity index (χ1v) is 11.7. The molecule has 2 amide bonds. The molecule has 2 aromatic heterocycles. The molecular formula is C19H22N4O7S2. The van der Waals surface area contributed by atoms with E-state index in [1.165, 1.54) is 17.9 Å². The number of aromatic nitrogens is 2. The zero-order valence-corrected chi connectivity index (χ0v) is 19.3. The molecule has 1 atom stereocenters. The first kappa shape index (κ1) is 23.3. The topological polar surface area (TPSA) is 149 Å². The number of benzene rings is 1. The lowest BCUT2D eigenvalue weighted by Gasteiger charge is -2.14. The summed E-state index contributed by atoms with van der Waals surface area (Å²) in [5, 5.41) is 12.6. The van der Waals surface area contributed by atoms with E-state index in [-0.39, 0.29) is 27.6 Å². The Morgan fingerprint density at radius 3 is 2.66 bits per heavy atom. The molecule has 1 unspecified atom stereocenters. The highest BCUT2D eigenvalue weighted by Gasteiger charge is 2.26. The minimum atomic E-state index is -4.27. The lowest BCUT2D eigenvalue weighted by molar-refractivity contribution is -0.145. The second-order valence-electron chi connectivity index (χ2n) is 6.77. The maximum absolute atomic E-state index is 12.9. The summed E-state index contributed by atoms with van der Waals surface area (Å²) in [5.41, 5.74) is 0.942. The van der Waals surface area contributed by atoms with Gasteiger partial charge >= 0.3 is 12.0 Å². The Labute approximate surface area is 188 Å². The fourth-order valence-corrected chi connectivity index (χ4v) is 5.03. The number of carboxylic acid groups (broad SMARTS) is 1. The largest absolute Gasteiger partial charge is 0.486 e. The summed E-state index contributed by atoms with van der Waals surface area (Å²) in [7, 11) is -1.21. The van der Waals surface area contributed by atoms with Crippen LogP contribution in [0, 0.1) is 6.92 Å². The number of nitrogens with one attached hydrogen (secondary N) is 2. The minimum Gasteiger partial charge on any atom is -0.486 e. The number of carbonyl (C=O) groups excluding carboxylic acids is 1. The second kappa shape index (κ2) is 9.04. The van der Waals surface area contributed by atoms with Gasteiger partial charge in [-0.1, -0.05) is 30.4 Å². The van der Waals surface area contributed by atoms with Gasteiger partial charge in [-0.15, -0.1) is 0 Å². The van der Waals surface area contributed by atoms with Crippen LogP contribution in [-0.4, -0.2) is 48.3 Å². The average molecular weight is 483 g/mol. The van der Waals surface area contributed by atoms with Gasteiger partial charge in [-0.3, -0.25) is 5.32 Å². The number of carbonyl (C=O) groups is 2. The van der Waals surface area contributed by atoms with Crippen LogP contribution in [0.1, 0.15) is 19.0 Å². The second-order valence-corrected chi connectivity index (χ2v) is 9.38. The molecule has 0 aliphatic heterocycles. The molecule has 172 valence electrons. The molecule has 1 aromatic carbocycles. The van der Waals surface area contributed by atoms with Crippen LogP contribution in [0.15, 0.2) is 29.3 Å². The van der Waals surface area contributed by atoms with E-state index in [0.29, 0.717) is 16.3 Å². The van der Waals surface area contributed by atoms with E-state index < -0.39 is 28.1 Å². The quantitative estimate of drug-likeness (QED) is 0.444. The van der Waals surface area contributed by atoms with Crippen LogP contribution >= 0.6 is 11.3 Å². The summed E-state index contributed by atoms with van der Waals surface area (Å²) >= 11 is 1.06. The third kappa shape index (κ3) is 4.62. The molecule has 0 aliphatic carbocycles. The number of aliphatic carboxylic acids is 1. The normalized spacial score (nSPS) is 12.4. The zero-order valence-electron chi connectivity index (χ0n) is 17.7. The van der Waals surface area contributed by atoms with Crippen molar-refractivity contribution in [3.8, 4) is 10.8 Å². The monoisotopic (exact) mass is 482 g/mol. The van der Waals surface area contributed by atoms with Gasteiger partial charge in [-0.2, -0.15) is 0 Å². The molecular weight excluding hydrogens is 460 g/mol. The van der Waals surface area contributed by atoms with Gasteiger partial charge in [0.05, 0.1) is 18.3 Å². The SMILES string of the molecule is CCC(Oc1cccc2c(S(=O)(=O)NC(=O)Nc3nc(C)c(OC)s3)cn(C)c12)C(=O)O. The number of nitrogens with zero attached hydrogens (tertiary/aromatic N) is 2. The number of carboxylic acids is 1. The number of anilines is 1. The Morgan fingerprint density at radius 1 is 1.34 bits per heavy atom. The highest BCUT2D eigenvalue weighted by atomic mass is 32.2. The van der Waals surface area contributed by atoms with Crippen LogP contribution < -0.4 is 19.5 Å². The number of para-hydroxylation sites is 1. The summed E-state index contributed by atoms with van der Waals surface area (Å²) < 4.78 is 40.0. The summed E-state index contributed by atoms with van der Waals surface area (Å²) in [5.74, 6) is -0.908. The van der Waals surface area contributed by atoms with Gasteiger partial charge in [0.1, 0.15) is 10.6 Å². The van der Waals surface area contributed by atoms with Gasteiger partial charge < -0.3 is 19.1 Å². The van der Waals surface area contributed by atoms with E-state index in [4.69, 9.17) is 9.47 Å². The van der Waals surface area contributed by atoms with Gasteiger partial charge in [-0.05, 0) is 19.4 Å². The van der Waals surface area contributed by atoms with Crippen molar-refractivity contribution >= 4 is 49.4 Å². The summed E-state index contributed by atoms with van der Waals surface area (Å²) in [4.78, 5) is 27.6. The first-order chi connectivity index (χ1) is 15.1. The summed E-state index contributed by atoms with van der Waals surface area (Å²) in [6, 6.07) is 3.67. The molecule has 0 spiro atoms. The molecule has 2 heterocycles. The Bertz CT molecular complexity index is 1280. The van der Waals surface area contributed by atoms with Gasteiger partial charge in [0.15, 0.2) is 16.3 Å². The van der Waals surface area contributed by atoms with Crippen molar-refractivity contribution in [3.05, 3.63) is 30.1 Å². The number of thiazole rings is 1. The first-order valence-electron chi connectivity index (χ1n) is 9.40. The molecule has 3 aromatic rings. The number of sulfonamides is 1. The third-order valence-electron chi connectivity index (χ3n) is 4.52. The number of fused-ring (bicyclic) bond motifs is 1. The molecule has 13 heteroatoms. The molecule has 3 N–H and O–H groups in total. The number of amides is 2. The number of hydrogen-bond donors (Lipinski definition) is 3. The molecule has 0 radical (unpaired) electrons. The van der Waals surface area contributed by atoms with E-state index in [9.17, 15) is 23.1 Å². The van der Waals surface area contributed by atoms with Crippen LogP contribution in [0.3, 0.4) is 0 Å². The molecule has 0 saturated carbocycles. The fraction of sp³-hybridized carbons (Fsp3) is 0.316. The number of hydrogen-bond acceptors (Lipinski definition) is 8. The Balaban J connectivity index is 1.90. The maximum Gasteiger partial charge on any atom is 0.344 e. The predicted molar refractivity (Wildman–Crippen MR) is 118 cm³/mol. The van der Waals surface area contributed by atoms with Gasteiger partial charge in [0.25, 0.3) is 10.0 Å². The highest BCUT2D eigenvalue weighted by Crippen LogP contribution is 2.33. The minimum absolute atomic E-state index is 0.160. The van der Waals surface area contributed by atoms with Crippen LogP contribution in [0.4, 0.5) is 9.93 Å². The van der Waals surface area contributed by atoms with E-state index in [1.54, 1.807) is 39.1 Å². The van der Waals surface area contributed by atoms with Crippen molar-refractivity contribution in [2.75, 3.05) is 12.4 Å². The van der Waals surface area contributed by atoms with Gasteiger partial charge in [0, 0.05) is 18.6 Å². The molecule has 0 aliphatic rings. The third-order valence-corrected chi connectivity index (χ3v) is 6.91. The molecule has 0 saturated heterocycles. The van der Waals surface area contributed by atoms with Crippen molar-refractivity contribution < 1.29 is 32.6 Å². The molecule has 32 heavy (non-hydrogen) atoms. The predicted octanol–water partition coefficient (Wildman–Crippen LogP) is 2.70. The molecule has 0 bridgehead atoms. The van der Waals surface area contributed by atoms with Crippen molar-refractivity contribution in [1.29, 1.82) is 0 Å². The summed E-state index contributed by atoms with van der Waals surface area (Å²) in [6.45, 7) is 3.36. The Morgan fingerprint density at radius 2 is 2.06 bits per heavy atom. The maximum atomic E-state index is 12.9.